The van der Waals surface area contributed by atoms with Crippen LogP contribution in [0.4, 0.5) is 0 Å². The van der Waals surface area contributed by atoms with Crippen LogP contribution in [0.5, 0.6) is 0 Å². The third-order valence-electron chi connectivity index (χ3n) is 4.00. The molecule has 3 rings (SSSR count). The average Bonchev–Trinajstić information content (AvgIpc) is 2.55. The van der Waals surface area contributed by atoms with E-state index in [0.29, 0.717) is 5.56 Å². The largest absolute Gasteiger partial charge is 0.465 e. The Morgan fingerprint density at radius 2 is 1.86 bits per heavy atom. The number of ether oxygens (including phenoxy) is 1. The minimum atomic E-state index is -0.303. The monoisotopic (exact) mass is 312 g/mol. The maximum atomic E-state index is 11.4. The van der Waals surface area contributed by atoms with Gasteiger partial charge in [-0.05, 0) is 60.2 Å². The molecule has 0 spiro atoms. The van der Waals surface area contributed by atoms with Gasteiger partial charge in [0.1, 0.15) is 0 Å². The van der Waals surface area contributed by atoms with E-state index >= 15 is 0 Å². The van der Waals surface area contributed by atoms with Gasteiger partial charge < -0.3 is 4.74 Å². The molecular formula is C19H17ClO2. The molecule has 0 aromatic heterocycles. The summed E-state index contributed by atoms with van der Waals surface area (Å²) in [6, 6.07) is 13.6. The van der Waals surface area contributed by atoms with Crippen LogP contribution in [0, 0.1) is 0 Å². The molecule has 0 heterocycles. The smallest absolute Gasteiger partial charge is 0.337 e. The third kappa shape index (κ3) is 3.23. The van der Waals surface area contributed by atoms with Crippen LogP contribution in [0.15, 0.2) is 48.0 Å². The summed E-state index contributed by atoms with van der Waals surface area (Å²) in [6.07, 6.45) is 5.25. The number of carbonyl (C=O) groups is 1. The molecule has 22 heavy (non-hydrogen) atoms. The molecule has 2 nitrogen and oxygen atoms in total. The molecule has 2 aromatic carbocycles. The number of methoxy groups -OCH3 is 1. The van der Waals surface area contributed by atoms with Crippen LogP contribution in [0.25, 0.3) is 6.08 Å². The van der Waals surface area contributed by atoms with Crippen LogP contribution in [-0.4, -0.2) is 13.1 Å². The predicted molar refractivity (Wildman–Crippen MR) is 89.2 cm³/mol. The fourth-order valence-electron chi connectivity index (χ4n) is 2.82. The summed E-state index contributed by atoms with van der Waals surface area (Å²) in [7, 11) is 1.39. The Kier molecular flexibility index (Phi) is 4.30. The molecule has 0 bridgehead atoms. The molecule has 112 valence electrons. The number of hydrogen-bond donors (Lipinski definition) is 0. The molecule has 0 atom stereocenters. The van der Waals surface area contributed by atoms with E-state index < -0.39 is 0 Å². The number of aryl methyl sites for hydroxylation is 1. The highest BCUT2D eigenvalue weighted by atomic mass is 35.5. The minimum Gasteiger partial charge on any atom is -0.465 e. The first-order valence-corrected chi connectivity index (χ1v) is 7.68. The SMILES string of the molecule is COC(=O)c1ccc(/C=C2\CCc3cc(Cl)ccc3C2)cc1. The highest BCUT2D eigenvalue weighted by Crippen LogP contribution is 2.28. The molecule has 0 aliphatic heterocycles. The fourth-order valence-corrected chi connectivity index (χ4v) is 3.01. The Morgan fingerprint density at radius 3 is 2.59 bits per heavy atom. The van der Waals surface area contributed by atoms with E-state index in [9.17, 15) is 4.79 Å². The average molecular weight is 313 g/mol. The molecule has 3 heteroatoms. The molecule has 0 fully saturated rings. The highest BCUT2D eigenvalue weighted by Gasteiger charge is 2.13. The molecule has 0 saturated heterocycles. The number of hydrogen-bond acceptors (Lipinski definition) is 2. The highest BCUT2D eigenvalue weighted by molar-refractivity contribution is 6.30. The van der Waals surface area contributed by atoms with Gasteiger partial charge in [0, 0.05) is 5.02 Å². The molecule has 0 unspecified atom stereocenters. The molecular weight excluding hydrogens is 296 g/mol. The van der Waals surface area contributed by atoms with Gasteiger partial charge in [-0.15, -0.1) is 0 Å². The van der Waals surface area contributed by atoms with E-state index in [-0.39, 0.29) is 5.97 Å². The lowest BCUT2D eigenvalue weighted by Crippen LogP contribution is -2.05. The van der Waals surface area contributed by atoms with E-state index in [1.165, 1.54) is 23.8 Å². The number of halogens is 1. The molecule has 0 N–H and O–H groups in total. The topological polar surface area (TPSA) is 26.3 Å². The van der Waals surface area contributed by atoms with Crippen molar-refractivity contribution in [3.05, 3.63) is 75.3 Å². The third-order valence-corrected chi connectivity index (χ3v) is 4.24. The lowest BCUT2D eigenvalue weighted by molar-refractivity contribution is 0.0601. The number of esters is 1. The second-order valence-electron chi connectivity index (χ2n) is 5.51. The van der Waals surface area contributed by atoms with E-state index in [1.807, 2.05) is 18.2 Å². The standard InChI is InChI=1S/C19H17ClO2/c1-22-19(21)15-5-2-13(3-6-15)10-14-4-7-17-12-18(20)9-8-16(17)11-14/h2-3,5-6,8-10,12H,4,7,11H2,1H3/b14-10+. The van der Waals surface area contributed by atoms with Crippen molar-refractivity contribution in [3.8, 4) is 0 Å². The fraction of sp³-hybridized carbons (Fsp3) is 0.211. The molecule has 0 radical (unpaired) electrons. The Balaban J connectivity index is 1.79. The van der Waals surface area contributed by atoms with Crippen molar-refractivity contribution < 1.29 is 9.53 Å². The van der Waals surface area contributed by atoms with E-state index in [2.05, 4.69) is 18.2 Å². The second-order valence-corrected chi connectivity index (χ2v) is 5.94. The molecule has 1 aliphatic rings. The lowest BCUT2D eigenvalue weighted by Gasteiger charge is -2.19. The molecule has 1 aliphatic carbocycles. The van der Waals surface area contributed by atoms with Crippen molar-refractivity contribution in [2.75, 3.05) is 7.11 Å². The van der Waals surface area contributed by atoms with Crippen molar-refractivity contribution in [3.63, 3.8) is 0 Å². The molecule has 2 aromatic rings. The number of rotatable bonds is 2. The number of fused-ring (bicyclic) bond motifs is 1. The van der Waals surface area contributed by atoms with Crippen molar-refractivity contribution in [2.45, 2.75) is 19.3 Å². The first kappa shape index (κ1) is 14.9. The molecule has 0 saturated carbocycles. The Labute approximate surface area is 135 Å². The van der Waals surface area contributed by atoms with Gasteiger partial charge in [-0.1, -0.05) is 41.4 Å². The maximum Gasteiger partial charge on any atom is 0.337 e. The van der Waals surface area contributed by atoms with E-state index in [0.717, 1.165) is 29.8 Å². The van der Waals surface area contributed by atoms with Crippen LogP contribution in [0.3, 0.4) is 0 Å². The summed E-state index contributed by atoms with van der Waals surface area (Å²) in [5.74, 6) is -0.303. The molecule has 0 amide bonds. The van der Waals surface area contributed by atoms with Crippen molar-refractivity contribution in [1.29, 1.82) is 0 Å². The summed E-state index contributed by atoms with van der Waals surface area (Å²) < 4.78 is 4.71. The quantitative estimate of drug-likeness (QED) is 0.751. The summed E-state index contributed by atoms with van der Waals surface area (Å²) in [6.45, 7) is 0. The van der Waals surface area contributed by atoms with Crippen LogP contribution in [-0.2, 0) is 17.6 Å². The van der Waals surface area contributed by atoms with E-state index in [4.69, 9.17) is 16.3 Å². The van der Waals surface area contributed by atoms with Crippen LogP contribution in [0.2, 0.25) is 5.02 Å². The van der Waals surface area contributed by atoms with Gasteiger partial charge in [0.05, 0.1) is 12.7 Å². The first-order valence-electron chi connectivity index (χ1n) is 7.31. The normalized spacial score (nSPS) is 15.5. The minimum absolute atomic E-state index is 0.303. The van der Waals surface area contributed by atoms with Gasteiger partial charge in [-0.2, -0.15) is 0 Å². The summed E-state index contributed by atoms with van der Waals surface area (Å²) in [5.41, 5.74) is 5.80. The Bertz CT molecular complexity index is 730. The first-order chi connectivity index (χ1) is 10.7. The van der Waals surface area contributed by atoms with Gasteiger partial charge in [0.15, 0.2) is 0 Å². The summed E-state index contributed by atoms with van der Waals surface area (Å²) >= 11 is 6.04. The van der Waals surface area contributed by atoms with Crippen molar-refractivity contribution >= 4 is 23.6 Å². The second kappa shape index (κ2) is 6.37. The van der Waals surface area contributed by atoms with Crippen molar-refractivity contribution in [2.24, 2.45) is 0 Å². The zero-order chi connectivity index (χ0) is 15.5. The predicted octanol–water partition coefficient (Wildman–Crippen LogP) is 4.70. The van der Waals surface area contributed by atoms with Crippen molar-refractivity contribution in [1.82, 2.24) is 0 Å². The lowest BCUT2D eigenvalue weighted by atomic mass is 9.87. The van der Waals surface area contributed by atoms with Crippen LogP contribution in [0.1, 0.15) is 33.5 Å². The van der Waals surface area contributed by atoms with Gasteiger partial charge in [-0.3, -0.25) is 0 Å². The summed E-state index contributed by atoms with van der Waals surface area (Å²) in [5, 5.41) is 0.810. The zero-order valence-corrected chi connectivity index (χ0v) is 13.2. The van der Waals surface area contributed by atoms with Gasteiger partial charge in [0.2, 0.25) is 0 Å². The Hall–Kier alpha value is -2.06. The maximum absolute atomic E-state index is 11.4. The summed E-state index contributed by atoms with van der Waals surface area (Å²) in [4.78, 5) is 11.4. The Morgan fingerprint density at radius 1 is 1.09 bits per heavy atom. The van der Waals surface area contributed by atoms with E-state index in [1.54, 1.807) is 12.1 Å². The van der Waals surface area contributed by atoms with Gasteiger partial charge in [0.25, 0.3) is 0 Å². The van der Waals surface area contributed by atoms with Gasteiger partial charge in [-0.25, -0.2) is 4.79 Å². The van der Waals surface area contributed by atoms with Crippen LogP contribution < -0.4 is 0 Å². The number of allylic oxidation sites excluding steroid dienone is 1. The number of benzene rings is 2. The zero-order valence-electron chi connectivity index (χ0n) is 12.4. The van der Waals surface area contributed by atoms with Crippen LogP contribution >= 0.6 is 11.6 Å². The van der Waals surface area contributed by atoms with Gasteiger partial charge >= 0.3 is 5.97 Å². The number of carbonyl (C=O) groups excluding carboxylic acids is 1.